The van der Waals surface area contributed by atoms with E-state index in [1.165, 1.54) is 44.1 Å². The van der Waals surface area contributed by atoms with Gasteiger partial charge in [0.2, 0.25) is 0 Å². The highest BCUT2D eigenvalue weighted by molar-refractivity contribution is 6.09. The van der Waals surface area contributed by atoms with Crippen LogP contribution < -0.4 is 4.90 Å². The highest BCUT2D eigenvalue weighted by Gasteiger charge is 2.17. The third-order valence-corrected chi connectivity index (χ3v) is 11.2. The van der Waals surface area contributed by atoms with Crippen LogP contribution in [0.15, 0.2) is 223 Å². The highest BCUT2D eigenvalue weighted by Crippen LogP contribution is 2.40. The van der Waals surface area contributed by atoms with E-state index in [1.54, 1.807) is 0 Å². The fourth-order valence-electron chi connectivity index (χ4n) is 8.44. The van der Waals surface area contributed by atoms with Gasteiger partial charge in [0, 0.05) is 44.3 Å². The summed E-state index contributed by atoms with van der Waals surface area (Å²) in [6.07, 6.45) is 0. The molecule has 3 heteroatoms. The molecule has 0 fully saturated rings. The summed E-state index contributed by atoms with van der Waals surface area (Å²) < 4.78 is 8.63. The Labute approximate surface area is 330 Å². The average Bonchev–Trinajstić information content (AvgIpc) is 3.83. The Morgan fingerprint density at radius 2 is 0.789 bits per heavy atom. The van der Waals surface area contributed by atoms with Crippen molar-refractivity contribution in [2.45, 2.75) is 0 Å². The van der Waals surface area contributed by atoms with E-state index in [4.69, 9.17) is 4.42 Å². The van der Waals surface area contributed by atoms with Crippen LogP contribution in [-0.4, -0.2) is 4.57 Å². The highest BCUT2D eigenvalue weighted by atomic mass is 16.3. The molecule has 0 aliphatic heterocycles. The molecule has 0 aliphatic carbocycles. The fraction of sp³-hybridized carbons (Fsp3) is 0. The van der Waals surface area contributed by atoms with Crippen LogP contribution in [0.1, 0.15) is 0 Å². The van der Waals surface area contributed by atoms with Gasteiger partial charge in [-0.05, 0) is 112 Å². The van der Waals surface area contributed by atoms with Crippen molar-refractivity contribution in [3.63, 3.8) is 0 Å². The van der Waals surface area contributed by atoms with Gasteiger partial charge in [0.15, 0.2) is 0 Å². The summed E-state index contributed by atoms with van der Waals surface area (Å²) in [6, 6.07) is 78.2. The smallest absolute Gasteiger partial charge is 0.136 e. The first kappa shape index (κ1) is 32.8. The molecule has 0 atom stereocenters. The van der Waals surface area contributed by atoms with Crippen molar-refractivity contribution in [2.24, 2.45) is 0 Å². The number of fused-ring (bicyclic) bond motifs is 6. The minimum atomic E-state index is 0.899. The van der Waals surface area contributed by atoms with E-state index in [9.17, 15) is 0 Å². The first-order valence-corrected chi connectivity index (χ1v) is 19.4. The minimum absolute atomic E-state index is 0.899. The second kappa shape index (κ2) is 13.6. The number of benzene rings is 9. The van der Waals surface area contributed by atoms with Crippen molar-refractivity contribution < 1.29 is 4.42 Å². The Hall–Kier alpha value is -7.62. The molecule has 3 nitrogen and oxygen atoms in total. The molecule has 2 aromatic heterocycles. The summed E-state index contributed by atoms with van der Waals surface area (Å²) in [7, 11) is 0. The number of hydrogen-bond donors (Lipinski definition) is 0. The molecule has 0 amide bonds. The summed E-state index contributed by atoms with van der Waals surface area (Å²) in [5.74, 6) is 0. The molecule has 0 spiro atoms. The van der Waals surface area contributed by atoms with Gasteiger partial charge in [-0.25, -0.2) is 0 Å². The van der Waals surface area contributed by atoms with Crippen LogP contribution in [0.4, 0.5) is 17.1 Å². The number of para-hydroxylation sites is 3. The molecule has 0 unspecified atom stereocenters. The van der Waals surface area contributed by atoms with E-state index < -0.39 is 0 Å². The van der Waals surface area contributed by atoms with Crippen molar-refractivity contribution in [2.75, 3.05) is 4.90 Å². The van der Waals surface area contributed by atoms with Gasteiger partial charge < -0.3 is 13.9 Å². The molecule has 0 aliphatic rings. The van der Waals surface area contributed by atoms with Crippen LogP contribution in [-0.2, 0) is 0 Å². The molecule has 11 rings (SSSR count). The Morgan fingerprint density at radius 3 is 1.46 bits per heavy atom. The van der Waals surface area contributed by atoms with Crippen molar-refractivity contribution in [1.82, 2.24) is 4.57 Å². The van der Waals surface area contributed by atoms with E-state index in [-0.39, 0.29) is 0 Å². The molecular formula is C54H36N2O. The van der Waals surface area contributed by atoms with Gasteiger partial charge in [0.1, 0.15) is 11.2 Å². The van der Waals surface area contributed by atoms with Crippen molar-refractivity contribution in [3.05, 3.63) is 218 Å². The SMILES string of the molecule is c1ccc(-c2cccc(-c3ccc(N(c4ccc(-c5ccc6c(c5)oc5ccccc56)cc4)c4cccc(-n5c6ccccc6c6ccccc65)c4)cc3)c2)cc1. The molecule has 0 radical (unpaired) electrons. The Balaban J connectivity index is 1.01. The largest absolute Gasteiger partial charge is 0.456 e. The molecule has 268 valence electrons. The van der Waals surface area contributed by atoms with Gasteiger partial charge in [-0.15, -0.1) is 0 Å². The number of hydrogen-bond acceptors (Lipinski definition) is 2. The third kappa shape index (κ3) is 5.76. The maximum absolute atomic E-state index is 6.25. The number of aromatic nitrogens is 1. The zero-order valence-electron chi connectivity index (χ0n) is 31.1. The average molecular weight is 729 g/mol. The van der Waals surface area contributed by atoms with Crippen LogP contribution in [0, 0.1) is 0 Å². The first-order chi connectivity index (χ1) is 28.2. The zero-order chi connectivity index (χ0) is 37.7. The van der Waals surface area contributed by atoms with Gasteiger partial charge >= 0.3 is 0 Å². The fourth-order valence-corrected chi connectivity index (χ4v) is 8.44. The molecule has 9 aromatic carbocycles. The van der Waals surface area contributed by atoms with Gasteiger partial charge in [-0.2, -0.15) is 0 Å². The number of rotatable bonds is 7. The van der Waals surface area contributed by atoms with Crippen LogP contribution in [0.3, 0.4) is 0 Å². The first-order valence-electron chi connectivity index (χ1n) is 19.4. The Kier molecular flexibility index (Phi) is 7.82. The molecule has 0 saturated heterocycles. The number of anilines is 3. The molecular weight excluding hydrogens is 693 g/mol. The summed E-state index contributed by atoms with van der Waals surface area (Å²) >= 11 is 0. The predicted octanol–water partition coefficient (Wildman–Crippen LogP) is 15.2. The number of nitrogens with zero attached hydrogens (tertiary/aromatic N) is 2. The molecule has 0 saturated carbocycles. The summed E-state index contributed by atoms with van der Waals surface area (Å²) in [5, 5.41) is 4.77. The van der Waals surface area contributed by atoms with E-state index in [0.717, 1.165) is 55.8 Å². The molecule has 0 N–H and O–H groups in total. The van der Waals surface area contributed by atoms with E-state index in [2.05, 4.69) is 216 Å². The van der Waals surface area contributed by atoms with Crippen molar-refractivity contribution >= 4 is 60.8 Å². The minimum Gasteiger partial charge on any atom is -0.456 e. The van der Waals surface area contributed by atoms with E-state index in [0.29, 0.717) is 0 Å². The maximum Gasteiger partial charge on any atom is 0.136 e. The molecule has 0 bridgehead atoms. The number of furan rings is 1. The monoisotopic (exact) mass is 728 g/mol. The molecule has 57 heavy (non-hydrogen) atoms. The van der Waals surface area contributed by atoms with Gasteiger partial charge in [0.05, 0.1) is 11.0 Å². The van der Waals surface area contributed by atoms with Crippen LogP contribution >= 0.6 is 0 Å². The normalized spacial score (nSPS) is 11.5. The van der Waals surface area contributed by atoms with E-state index >= 15 is 0 Å². The lowest BCUT2D eigenvalue weighted by Crippen LogP contribution is -2.10. The summed E-state index contributed by atoms with van der Waals surface area (Å²) in [4.78, 5) is 2.35. The lowest BCUT2D eigenvalue weighted by atomic mass is 9.99. The zero-order valence-corrected chi connectivity index (χ0v) is 31.1. The summed E-state index contributed by atoms with van der Waals surface area (Å²) in [6.45, 7) is 0. The quantitative estimate of drug-likeness (QED) is 0.163. The second-order valence-electron chi connectivity index (χ2n) is 14.6. The topological polar surface area (TPSA) is 21.3 Å². The second-order valence-corrected chi connectivity index (χ2v) is 14.6. The Morgan fingerprint density at radius 1 is 0.298 bits per heavy atom. The van der Waals surface area contributed by atoms with Gasteiger partial charge in [-0.1, -0.05) is 140 Å². The maximum atomic E-state index is 6.25. The summed E-state index contributed by atoms with van der Waals surface area (Å²) in [5.41, 5.74) is 15.6. The van der Waals surface area contributed by atoms with Gasteiger partial charge in [0.25, 0.3) is 0 Å². The molecule has 2 heterocycles. The lowest BCUT2D eigenvalue weighted by Gasteiger charge is -2.26. The van der Waals surface area contributed by atoms with Crippen LogP contribution in [0.25, 0.3) is 82.8 Å². The van der Waals surface area contributed by atoms with Crippen LogP contribution in [0.5, 0.6) is 0 Å². The third-order valence-electron chi connectivity index (χ3n) is 11.2. The van der Waals surface area contributed by atoms with Crippen LogP contribution in [0.2, 0.25) is 0 Å². The van der Waals surface area contributed by atoms with Crippen molar-refractivity contribution in [3.8, 4) is 39.1 Å². The molecule has 11 aromatic rings. The van der Waals surface area contributed by atoms with Crippen molar-refractivity contribution in [1.29, 1.82) is 0 Å². The van der Waals surface area contributed by atoms with E-state index in [1.807, 2.05) is 12.1 Å². The lowest BCUT2D eigenvalue weighted by molar-refractivity contribution is 0.669. The standard InChI is InChI=1S/C54H36N2O/c1-2-12-37(13-3-1)40-14-10-15-41(34-40)38-24-29-43(30-25-38)55(44-31-26-39(27-32-44)42-28-33-50-49-20-6-9-23-53(49)57-54(50)35-42)45-16-11-17-46(36-45)56-51-21-7-4-18-47(51)48-19-5-8-22-52(48)56/h1-36H. The van der Waals surface area contributed by atoms with Gasteiger partial charge in [-0.3, -0.25) is 0 Å². The predicted molar refractivity (Wildman–Crippen MR) is 239 cm³/mol. The Bertz CT molecular complexity index is 3170.